The fourth-order valence-electron chi connectivity index (χ4n) is 3.27. The third-order valence-electron chi connectivity index (χ3n) is 4.63. The molecule has 150 valence electrons. The second-order valence-corrected chi connectivity index (χ2v) is 9.83. The number of amides is 2. The molecule has 0 atom stereocenters. The number of benzene rings is 2. The van der Waals surface area contributed by atoms with Gasteiger partial charge in [-0.2, -0.15) is 0 Å². The molecule has 0 fully saturated rings. The molecule has 0 aliphatic carbocycles. The van der Waals surface area contributed by atoms with Crippen LogP contribution in [0, 0.1) is 0 Å². The van der Waals surface area contributed by atoms with Crippen molar-refractivity contribution in [2.24, 2.45) is 0 Å². The summed E-state index contributed by atoms with van der Waals surface area (Å²) in [5.74, 6) is -0.154. The monoisotopic (exact) mass is 472 g/mol. The predicted octanol–water partition coefficient (Wildman–Crippen LogP) is 6.17. The molecule has 0 saturated heterocycles. The van der Waals surface area contributed by atoms with Gasteiger partial charge in [0, 0.05) is 44.3 Å². The molecule has 29 heavy (non-hydrogen) atoms. The van der Waals surface area contributed by atoms with Crippen molar-refractivity contribution in [3.05, 3.63) is 62.9 Å². The van der Waals surface area contributed by atoms with E-state index in [1.165, 1.54) is 0 Å². The van der Waals surface area contributed by atoms with Gasteiger partial charge in [-0.3, -0.25) is 9.69 Å². The van der Waals surface area contributed by atoms with Crippen LogP contribution in [0.1, 0.15) is 42.3 Å². The lowest BCUT2D eigenvalue weighted by atomic mass is 10.1. The van der Waals surface area contributed by atoms with E-state index in [1.807, 2.05) is 62.5 Å². The van der Waals surface area contributed by atoms with Gasteiger partial charge in [-0.05, 0) is 72.1 Å². The summed E-state index contributed by atoms with van der Waals surface area (Å²) in [6.45, 7) is 6.56. The quantitative estimate of drug-likeness (QED) is 0.485. The number of carbonyl (C=O) groups excluding carboxylic acids is 2. The molecule has 0 unspecified atom stereocenters. The average Bonchev–Trinajstić information content (AvgIpc) is 3.23. The minimum atomic E-state index is -0.524. The minimum Gasteiger partial charge on any atom is -0.444 e. The number of fused-ring (bicyclic) bond motifs is 2. The lowest BCUT2D eigenvalue weighted by molar-refractivity contribution is 0.0241. The number of anilines is 1. The van der Waals surface area contributed by atoms with Gasteiger partial charge in [0.1, 0.15) is 5.60 Å². The van der Waals surface area contributed by atoms with E-state index in [0.29, 0.717) is 24.3 Å². The molecule has 1 aliphatic heterocycles. The third-order valence-corrected chi connectivity index (χ3v) is 6.53. The first-order chi connectivity index (χ1) is 13.7. The van der Waals surface area contributed by atoms with Crippen molar-refractivity contribution in [1.29, 1.82) is 0 Å². The van der Waals surface area contributed by atoms with E-state index in [0.717, 1.165) is 25.7 Å². The predicted molar refractivity (Wildman–Crippen MR) is 119 cm³/mol. The van der Waals surface area contributed by atoms with Crippen molar-refractivity contribution < 1.29 is 14.3 Å². The zero-order valence-electron chi connectivity index (χ0n) is 16.4. The molecule has 4 rings (SSSR count). The Bertz CT molecular complexity index is 1120. The zero-order valence-corrected chi connectivity index (χ0v) is 18.8. The van der Waals surface area contributed by atoms with E-state index in [-0.39, 0.29) is 12.0 Å². The maximum absolute atomic E-state index is 12.7. The number of hydrogen-bond acceptors (Lipinski definition) is 4. The molecule has 1 aromatic heterocycles. The number of ether oxygens (including phenoxy) is 1. The van der Waals surface area contributed by atoms with Gasteiger partial charge < -0.3 is 10.1 Å². The van der Waals surface area contributed by atoms with E-state index in [2.05, 4.69) is 21.2 Å². The maximum Gasteiger partial charge on any atom is 0.410 e. The molecule has 2 amide bonds. The van der Waals surface area contributed by atoms with Gasteiger partial charge in [0.25, 0.3) is 5.91 Å². The average molecular weight is 473 g/mol. The molecular formula is C22H21BrN2O3S. The van der Waals surface area contributed by atoms with Crippen molar-refractivity contribution in [1.82, 2.24) is 4.90 Å². The molecule has 2 heterocycles. The van der Waals surface area contributed by atoms with Gasteiger partial charge >= 0.3 is 6.09 Å². The lowest BCUT2D eigenvalue weighted by Gasteiger charge is -2.24. The van der Waals surface area contributed by atoms with Gasteiger partial charge in [-0.25, -0.2) is 4.79 Å². The second kappa shape index (κ2) is 7.46. The van der Waals surface area contributed by atoms with Gasteiger partial charge in [0.05, 0.1) is 0 Å². The highest BCUT2D eigenvalue weighted by molar-refractivity contribution is 9.10. The van der Waals surface area contributed by atoms with E-state index >= 15 is 0 Å². The first-order valence-corrected chi connectivity index (χ1v) is 10.9. The minimum absolute atomic E-state index is 0.154. The number of thiophene rings is 1. The van der Waals surface area contributed by atoms with Crippen LogP contribution in [0.25, 0.3) is 10.1 Å². The van der Waals surface area contributed by atoms with Crippen LogP contribution in [0.2, 0.25) is 0 Å². The number of nitrogens with zero attached hydrogens (tertiary/aromatic N) is 1. The highest BCUT2D eigenvalue weighted by Gasteiger charge is 2.28. The highest BCUT2D eigenvalue weighted by atomic mass is 79.9. The summed E-state index contributed by atoms with van der Waals surface area (Å²) in [6, 6.07) is 11.4. The van der Waals surface area contributed by atoms with Crippen LogP contribution in [-0.2, 0) is 17.8 Å². The summed E-state index contributed by atoms with van der Waals surface area (Å²) >= 11 is 5.11. The fraction of sp³-hybridized carbons (Fsp3) is 0.273. The van der Waals surface area contributed by atoms with E-state index in [9.17, 15) is 9.59 Å². The van der Waals surface area contributed by atoms with E-state index < -0.39 is 5.60 Å². The molecule has 1 aliphatic rings. The molecule has 0 spiro atoms. The van der Waals surface area contributed by atoms with Crippen LogP contribution in [-0.4, -0.2) is 22.5 Å². The van der Waals surface area contributed by atoms with Crippen LogP contribution < -0.4 is 5.32 Å². The van der Waals surface area contributed by atoms with Crippen molar-refractivity contribution >= 4 is 55.0 Å². The van der Waals surface area contributed by atoms with Crippen molar-refractivity contribution in [2.75, 3.05) is 5.32 Å². The number of nitrogens with one attached hydrogen (secondary N) is 1. The van der Waals surface area contributed by atoms with Gasteiger partial charge in [-0.1, -0.05) is 12.1 Å². The van der Waals surface area contributed by atoms with Gasteiger partial charge in [-0.15, -0.1) is 11.3 Å². The Hall–Kier alpha value is -2.38. The summed E-state index contributed by atoms with van der Waals surface area (Å²) in [6.07, 6.45) is -0.324. The topological polar surface area (TPSA) is 58.6 Å². The van der Waals surface area contributed by atoms with Gasteiger partial charge in [0.2, 0.25) is 0 Å². The summed E-state index contributed by atoms with van der Waals surface area (Å²) in [5, 5.41) is 6.08. The standard InChI is InChI=1S/C22H21BrN2O3S/c1-22(2,3)28-21(27)25-10-14-4-6-16(8-15(14)11-25)24-20(26)13-5-7-17-18(23)12-29-19(17)9-13/h4-9,12H,10-11H2,1-3H3,(H,24,26). The smallest absolute Gasteiger partial charge is 0.410 e. The molecular weight excluding hydrogens is 452 g/mol. The first kappa shape index (κ1) is 19.9. The summed E-state index contributed by atoms with van der Waals surface area (Å²) < 4.78 is 7.56. The molecule has 0 radical (unpaired) electrons. The number of carbonyl (C=O) groups is 2. The Labute approximate surface area is 181 Å². The maximum atomic E-state index is 12.7. The van der Waals surface area contributed by atoms with Crippen LogP contribution in [0.5, 0.6) is 0 Å². The van der Waals surface area contributed by atoms with Crippen LogP contribution in [0.3, 0.4) is 0 Å². The molecule has 0 saturated carbocycles. The lowest BCUT2D eigenvalue weighted by Crippen LogP contribution is -2.33. The normalized spacial score (nSPS) is 13.4. The highest BCUT2D eigenvalue weighted by Crippen LogP contribution is 2.31. The fourth-order valence-corrected chi connectivity index (χ4v) is 4.88. The second-order valence-electron chi connectivity index (χ2n) is 8.07. The number of hydrogen-bond donors (Lipinski definition) is 1. The molecule has 1 N–H and O–H groups in total. The number of halogens is 1. The van der Waals surface area contributed by atoms with Crippen molar-refractivity contribution in [3.63, 3.8) is 0 Å². The Kier molecular flexibility index (Phi) is 5.12. The molecule has 7 heteroatoms. The Balaban J connectivity index is 1.47. The summed E-state index contributed by atoms with van der Waals surface area (Å²) in [5.41, 5.74) is 2.89. The van der Waals surface area contributed by atoms with Gasteiger partial charge in [0.15, 0.2) is 0 Å². The van der Waals surface area contributed by atoms with Crippen LogP contribution in [0.15, 0.2) is 46.3 Å². The Morgan fingerprint density at radius 3 is 2.62 bits per heavy atom. The summed E-state index contributed by atoms with van der Waals surface area (Å²) in [4.78, 5) is 26.7. The van der Waals surface area contributed by atoms with E-state index in [4.69, 9.17) is 4.74 Å². The largest absolute Gasteiger partial charge is 0.444 e. The van der Waals surface area contributed by atoms with Crippen LogP contribution in [0.4, 0.5) is 10.5 Å². The molecule has 5 nitrogen and oxygen atoms in total. The van der Waals surface area contributed by atoms with Crippen molar-refractivity contribution in [3.8, 4) is 0 Å². The molecule has 0 bridgehead atoms. The van der Waals surface area contributed by atoms with Crippen LogP contribution >= 0.6 is 27.3 Å². The third kappa shape index (κ3) is 4.31. The molecule has 2 aromatic carbocycles. The van der Waals surface area contributed by atoms with E-state index in [1.54, 1.807) is 16.2 Å². The Morgan fingerprint density at radius 1 is 1.10 bits per heavy atom. The van der Waals surface area contributed by atoms with Crippen molar-refractivity contribution in [2.45, 2.75) is 39.5 Å². The SMILES string of the molecule is CC(C)(C)OC(=O)N1Cc2ccc(NC(=O)c3ccc4c(Br)csc4c3)cc2C1. The Morgan fingerprint density at radius 2 is 1.86 bits per heavy atom. The molecule has 3 aromatic rings. The summed E-state index contributed by atoms with van der Waals surface area (Å²) in [7, 11) is 0. The zero-order chi connectivity index (χ0) is 20.8. The first-order valence-electron chi connectivity index (χ1n) is 9.27. The number of rotatable bonds is 2.